The van der Waals surface area contributed by atoms with Gasteiger partial charge in [-0.2, -0.15) is 0 Å². The molecule has 0 aliphatic heterocycles. The van der Waals surface area contributed by atoms with Crippen LogP contribution in [0.3, 0.4) is 0 Å². The summed E-state index contributed by atoms with van der Waals surface area (Å²) in [6.07, 6.45) is 5.01. The molecule has 0 aliphatic carbocycles. The van der Waals surface area contributed by atoms with Gasteiger partial charge in [0, 0.05) is 29.3 Å². The van der Waals surface area contributed by atoms with E-state index in [1.54, 1.807) is 0 Å². The van der Waals surface area contributed by atoms with Crippen LogP contribution >= 0.6 is 22.6 Å². The van der Waals surface area contributed by atoms with E-state index in [0.29, 0.717) is 0 Å². The Hall–Kier alpha value is -0.880. The number of nitrogens with one attached hydrogen (secondary N) is 1. The maximum absolute atomic E-state index is 4.39. The zero-order chi connectivity index (χ0) is 12.1. The third-order valence-corrected chi connectivity index (χ3v) is 3.32. The maximum atomic E-state index is 4.39. The molecule has 3 nitrogen and oxygen atoms in total. The molecule has 1 N–H and O–H groups in total. The predicted octanol–water partition coefficient (Wildman–Crippen LogP) is 2.30. The van der Waals surface area contributed by atoms with Gasteiger partial charge in [0.05, 0.1) is 12.0 Å². The molecule has 0 unspecified atom stereocenters. The Bertz CT molecular complexity index is 462. The molecule has 1 heterocycles. The molecule has 0 amide bonds. The van der Waals surface area contributed by atoms with Crippen molar-refractivity contribution in [2.75, 3.05) is 13.6 Å². The second kappa shape index (κ2) is 6.16. The van der Waals surface area contributed by atoms with Crippen molar-refractivity contribution in [1.82, 2.24) is 14.9 Å². The van der Waals surface area contributed by atoms with Gasteiger partial charge in [0.15, 0.2) is 0 Å². The number of aromatic nitrogens is 2. The summed E-state index contributed by atoms with van der Waals surface area (Å²) in [6, 6.07) is 8.59. The summed E-state index contributed by atoms with van der Waals surface area (Å²) in [5, 5.41) is 3.13. The van der Waals surface area contributed by atoms with E-state index in [4.69, 9.17) is 0 Å². The molecule has 2 aromatic rings. The number of imidazole rings is 1. The number of rotatable bonds is 5. The number of hydrogen-bond donors (Lipinski definition) is 1. The van der Waals surface area contributed by atoms with Crippen molar-refractivity contribution in [3.63, 3.8) is 0 Å². The van der Waals surface area contributed by atoms with Gasteiger partial charge in [-0.05, 0) is 47.3 Å². The molecule has 90 valence electrons. The van der Waals surface area contributed by atoms with Gasteiger partial charge in [0.25, 0.3) is 0 Å². The van der Waals surface area contributed by atoms with Crippen LogP contribution in [0.4, 0.5) is 0 Å². The van der Waals surface area contributed by atoms with E-state index in [9.17, 15) is 0 Å². The number of likely N-dealkylation sites (N-methyl/N-ethyl adjacent to an activating group) is 1. The van der Waals surface area contributed by atoms with Crippen molar-refractivity contribution in [2.24, 2.45) is 0 Å². The molecular weight excluding hydrogens is 325 g/mol. The summed E-state index contributed by atoms with van der Waals surface area (Å²) in [6.45, 7) is 1.87. The number of nitrogens with zero attached hydrogens (tertiary/aromatic N) is 2. The smallest absolute Gasteiger partial charge is 0.0952 e. The van der Waals surface area contributed by atoms with Crippen LogP contribution in [0.2, 0.25) is 0 Å². The Labute approximate surface area is 115 Å². The third-order valence-electron chi connectivity index (χ3n) is 2.60. The van der Waals surface area contributed by atoms with E-state index in [0.717, 1.165) is 25.2 Å². The standard InChI is InChI=1S/C13H16IN3/c1-15-7-6-13-9-17(10-16-13)8-11-2-4-12(14)5-3-11/h2-5,9-10,15H,6-8H2,1H3. The van der Waals surface area contributed by atoms with Crippen LogP contribution in [0.5, 0.6) is 0 Å². The first-order valence-electron chi connectivity index (χ1n) is 5.67. The van der Waals surface area contributed by atoms with Crippen LogP contribution in [-0.2, 0) is 13.0 Å². The maximum Gasteiger partial charge on any atom is 0.0952 e. The van der Waals surface area contributed by atoms with Gasteiger partial charge < -0.3 is 9.88 Å². The highest BCUT2D eigenvalue weighted by atomic mass is 127. The lowest BCUT2D eigenvalue weighted by atomic mass is 10.2. The van der Waals surface area contributed by atoms with Crippen molar-refractivity contribution in [3.8, 4) is 0 Å². The number of halogens is 1. The largest absolute Gasteiger partial charge is 0.333 e. The molecule has 0 radical (unpaired) electrons. The van der Waals surface area contributed by atoms with E-state index in [1.807, 2.05) is 13.4 Å². The van der Waals surface area contributed by atoms with Crippen molar-refractivity contribution >= 4 is 22.6 Å². The topological polar surface area (TPSA) is 29.9 Å². The molecule has 0 atom stereocenters. The fourth-order valence-corrected chi connectivity index (χ4v) is 2.04. The lowest BCUT2D eigenvalue weighted by Crippen LogP contribution is -2.10. The van der Waals surface area contributed by atoms with E-state index in [-0.39, 0.29) is 0 Å². The zero-order valence-corrected chi connectivity index (χ0v) is 12.0. The molecule has 17 heavy (non-hydrogen) atoms. The van der Waals surface area contributed by atoms with Crippen LogP contribution < -0.4 is 5.32 Å². The zero-order valence-electron chi connectivity index (χ0n) is 9.86. The fourth-order valence-electron chi connectivity index (χ4n) is 1.68. The first-order chi connectivity index (χ1) is 8.28. The molecule has 4 heteroatoms. The van der Waals surface area contributed by atoms with E-state index < -0.39 is 0 Å². The summed E-state index contributed by atoms with van der Waals surface area (Å²) in [5.41, 5.74) is 2.45. The fraction of sp³-hybridized carbons (Fsp3) is 0.308. The summed E-state index contributed by atoms with van der Waals surface area (Å²) < 4.78 is 3.40. The quantitative estimate of drug-likeness (QED) is 0.846. The van der Waals surface area contributed by atoms with Gasteiger partial charge in [0.1, 0.15) is 0 Å². The highest BCUT2D eigenvalue weighted by Crippen LogP contribution is 2.08. The van der Waals surface area contributed by atoms with Crippen molar-refractivity contribution in [1.29, 1.82) is 0 Å². The SMILES string of the molecule is CNCCc1cn(Cc2ccc(I)cc2)cn1. The van der Waals surface area contributed by atoms with E-state index >= 15 is 0 Å². The minimum absolute atomic E-state index is 0.892. The highest BCUT2D eigenvalue weighted by Gasteiger charge is 1.99. The molecular formula is C13H16IN3. The Morgan fingerprint density at radius 2 is 2.06 bits per heavy atom. The second-order valence-corrected chi connectivity index (χ2v) is 5.26. The van der Waals surface area contributed by atoms with Crippen LogP contribution in [0.15, 0.2) is 36.8 Å². The Morgan fingerprint density at radius 3 is 2.76 bits per heavy atom. The molecule has 0 aliphatic rings. The van der Waals surface area contributed by atoms with Gasteiger partial charge in [-0.15, -0.1) is 0 Å². The Morgan fingerprint density at radius 1 is 1.29 bits per heavy atom. The van der Waals surface area contributed by atoms with E-state index in [2.05, 4.69) is 67.9 Å². The average Bonchev–Trinajstić information content (AvgIpc) is 2.77. The molecule has 0 saturated heterocycles. The number of hydrogen-bond acceptors (Lipinski definition) is 2. The number of benzene rings is 1. The van der Waals surface area contributed by atoms with Gasteiger partial charge in [-0.25, -0.2) is 4.98 Å². The first kappa shape index (κ1) is 12.6. The Kier molecular flexibility index (Phi) is 4.56. The molecule has 1 aromatic heterocycles. The Balaban J connectivity index is 1.98. The minimum atomic E-state index is 0.892. The van der Waals surface area contributed by atoms with Crippen LogP contribution in [0, 0.1) is 3.57 Å². The van der Waals surface area contributed by atoms with Gasteiger partial charge >= 0.3 is 0 Å². The first-order valence-corrected chi connectivity index (χ1v) is 6.75. The van der Waals surface area contributed by atoms with Crippen LogP contribution in [0.25, 0.3) is 0 Å². The van der Waals surface area contributed by atoms with Crippen LogP contribution in [0.1, 0.15) is 11.3 Å². The molecule has 0 saturated carbocycles. The molecule has 2 rings (SSSR count). The van der Waals surface area contributed by atoms with Crippen molar-refractivity contribution in [2.45, 2.75) is 13.0 Å². The van der Waals surface area contributed by atoms with Crippen LogP contribution in [-0.4, -0.2) is 23.1 Å². The molecule has 1 aromatic carbocycles. The summed E-state index contributed by atoms with van der Waals surface area (Å²) in [7, 11) is 1.96. The predicted molar refractivity (Wildman–Crippen MR) is 78.1 cm³/mol. The third kappa shape index (κ3) is 3.81. The highest BCUT2D eigenvalue weighted by molar-refractivity contribution is 14.1. The average molecular weight is 341 g/mol. The van der Waals surface area contributed by atoms with Gasteiger partial charge in [-0.1, -0.05) is 12.1 Å². The lowest BCUT2D eigenvalue weighted by molar-refractivity contribution is 0.774. The lowest BCUT2D eigenvalue weighted by Gasteiger charge is -2.02. The van der Waals surface area contributed by atoms with E-state index in [1.165, 1.54) is 9.13 Å². The minimum Gasteiger partial charge on any atom is -0.333 e. The second-order valence-electron chi connectivity index (χ2n) is 4.02. The normalized spacial score (nSPS) is 10.7. The molecule has 0 spiro atoms. The monoisotopic (exact) mass is 341 g/mol. The van der Waals surface area contributed by atoms with Gasteiger partial charge in [-0.3, -0.25) is 0 Å². The summed E-state index contributed by atoms with van der Waals surface area (Å²) in [4.78, 5) is 4.39. The molecule has 0 bridgehead atoms. The van der Waals surface area contributed by atoms with Crippen molar-refractivity contribution in [3.05, 3.63) is 51.6 Å². The summed E-state index contributed by atoms with van der Waals surface area (Å²) >= 11 is 2.32. The van der Waals surface area contributed by atoms with Gasteiger partial charge in [0.2, 0.25) is 0 Å². The van der Waals surface area contributed by atoms with Crippen molar-refractivity contribution < 1.29 is 0 Å². The summed E-state index contributed by atoms with van der Waals surface area (Å²) in [5.74, 6) is 0. The molecule has 0 fully saturated rings.